The number of benzene rings is 1. The number of ether oxygens (including phenoxy) is 1. The number of esters is 1. The average molecular weight is 546 g/mol. The molecule has 0 spiro atoms. The Morgan fingerprint density at radius 1 is 0.927 bits per heavy atom. The molecule has 41 heavy (non-hydrogen) atoms. The van der Waals surface area contributed by atoms with E-state index in [9.17, 15) is 9.59 Å². The van der Waals surface area contributed by atoms with E-state index in [1.165, 1.54) is 7.11 Å². The van der Waals surface area contributed by atoms with E-state index in [1.54, 1.807) is 18.5 Å². The van der Waals surface area contributed by atoms with Gasteiger partial charge in [-0.15, -0.1) is 0 Å². The molecule has 204 valence electrons. The van der Waals surface area contributed by atoms with Crippen LogP contribution in [0.5, 0.6) is 0 Å². The molecule has 3 N–H and O–H groups in total. The zero-order valence-electron chi connectivity index (χ0n) is 22.4. The molecular weight excluding hydrogens is 518 g/mol. The number of nitrogen functional groups attached to an aromatic ring is 1. The summed E-state index contributed by atoms with van der Waals surface area (Å²) in [6, 6.07) is 21.1. The number of hydrogen-bond acceptors (Lipinski definition) is 8. The second kappa shape index (κ2) is 9.22. The summed E-state index contributed by atoms with van der Waals surface area (Å²) in [7, 11) is 1.40. The van der Waals surface area contributed by atoms with Crippen molar-refractivity contribution in [3.8, 4) is 28.3 Å². The second-order valence-electron chi connectivity index (χ2n) is 10.9. The molecule has 3 aliphatic carbocycles. The first-order valence-corrected chi connectivity index (χ1v) is 13.4. The van der Waals surface area contributed by atoms with Crippen LogP contribution in [0.3, 0.4) is 0 Å². The van der Waals surface area contributed by atoms with Crippen molar-refractivity contribution in [1.82, 2.24) is 24.5 Å². The fourth-order valence-electron chi connectivity index (χ4n) is 6.41. The van der Waals surface area contributed by atoms with Crippen molar-refractivity contribution < 1.29 is 14.3 Å². The molecular formula is C31H27N7O3. The molecule has 3 aliphatic rings. The van der Waals surface area contributed by atoms with E-state index in [0.29, 0.717) is 65.6 Å². The molecule has 5 aromatic rings. The lowest BCUT2D eigenvalue weighted by Crippen LogP contribution is -2.49. The van der Waals surface area contributed by atoms with Crippen LogP contribution >= 0.6 is 0 Å². The molecule has 3 fully saturated rings. The lowest BCUT2D eigenvalue weighted by Gasteiger charge is -2.43. The number of amides is 1. The van der Waals surface area contributed by atoms with Crippen LogP contribution in [0.25, 0.3) is 39.5 Å². The number of imidazole rings is 1. The van der Waals surface area contributed by atoms with Gasteiger partial charge in [-0.05, 0) is 62.1 Å². The summed E-state index contributed by atoms with van der Waals surface area (Å²) in [5, 5.41) is 2.96. The number of rotatable bonds is 6. The van der Waals surface area contributed by atoms with Crippen LogP contribution in [0.15, 0.2) is 79.1 Å². The number of fused-ring (bicyclic) bond motifs is 2. The van der Waals surface area contributed by atoms with Crippen LogP contribution in [0.1, 0.15) is 25.7 Å². The first kappa shape index (κ1) is 24.9. The molecule has 10 nitrogen and oxygen atoms in total. The van der Waals surface area contributed by atoms with Gasteiger partial charge in [-0.25, -0.2) is 19.9 Å². The van der Waals surface area contributed by atoms with E-state index in [-0.39, 0.29) is 11.9 Å². The summed E-state index contributed by atoms with van der Waals surface area (Å²) in [5.74, 6) is 1.03. The third-order valence-corrected chi connectivity index (χ3v) is 8.44. The highest BCUT2D eigenvalue weighted by atomic mass is 16.5. The molecule has 1 aromatic carbocycles. The molecule has 3 saturated carbocycles. The topological polar surface area (TPSA) is 138 Å². The highest BCUT2D eigenvalue weighted by Gasteiger charge is 2.68. The third-order valence-electron chi connectivity index (χ3n) is 8.44. The van der Waals surface area contributed by atoms with Crippen molar-refractivity contribution in [2.24, 2.45) is 10.8 Å². The molecule has 0 radical (unpaired) electrons. The number of anilines is 2. The van der Waals surface area contributed by atoms with Gasteiger partial charge in [0.25, 0.3) is 0 Å². The van der Waals surface area contributed by atoms with E-state index in [4.69, 9.17) is 20.4 Å². The summed E-state index contributed by atoms with van der Waals surface area (Å²) >= 11 is 0. The SMILES string of the molecule is COC(=O)C12CCC(C(=O)Nc3ccc(-n4c(-c5cccnc5N)nc5ccc(-c6ccccc6)nc54)cn3)(C1)C2. The highest BCUT2D eigenvalue weighted by Crippen LogP contribution is 2.67. The molecule has 0 aliphatic heterocycles. The zero-order valence-corrected chi connectivity index (χ0v) is 22.4. The Morgan fingerprint density at radius 2 is 1.73 bits per heavy atom. The fraction of sp³-hybridized carbons (Fsp3) is 0.226. The normalized spacial score (nSPS) is 20.9. The quantitative estimate of drug-likeness (QED) is 0.290. The Labute approximate surface area is 235 Å². The van der Waals surface area contributed by atoms with Crippen LogP contribution in [-0.4, -0.2) is 43.5 Å². The van der Waals surface area contributed by atoms with Gasteiger partial charge in [0.15, 0.2) is 11.5 Å². The van der Waals surface area contributed by atoms with Gasteiger partial charge in [0.05, 0.1) is 41.1 Å². The number of methoxy groups -OCH3 is 1. The van der Waals surface area contributed by atoms with Crippen LogP contribution in [0.2, 0.25) is 0 Å². The smallest absolute Gasteiger partial charge is 0.311 e. The first-order valence-electron chi connectivity index (χ1n) is 13.4. The van der Waals surface area contributed by atoms with Crippen molar-refractivity contribution in [2.75, 3.05) is 18.2 Å². The van der Waals surface area contributed by atoms with E-state index in [0.717, 1.165) is 11.3 Å². The van der Waals surface area contributed by atoms with Crippen molar-refractivity contribution in [3.05, 3.63) is 79.1 Å². The standard InChI is InChI=1S/C31H27N7O3/c1-41-29(40)31-14-13-30(17-31,18-31)28(39)37-24-12-9-20(16-34-24)38-26(21-8-5-15-33-25(21)32)36-23-11-10-22(35-27(23)38)19-6-3-2-4-7-19/h2-12,15-16H,13-14,17-18H2,1H3,(H2,32,33)(H,34,37,39). The van der Waals surface area contributed by atoms with Crippen LogP contribution in [0.4, 0.5) is 11.6 Å². The maximum Gasteiger partial charge on any atom is 0.311 e. The lowest BCUT2D eigenvalue weighted by molar-refractivity contribution is -0.162. The molecule has 8 rings (SSSR count). The summed E-state index contributed by atoms with van der Waals surface area (Å²) in [4.78, 5) is 44.1. The van der Waals surface area contributed by atoms with Crippen molar-refractivity contribution in [3.63, 3.8) is 0 Å². The number of aromatic nitrogens is 5. The average Bonchev–Trinajstić information content (AvgIpc) is 3.69. The minimum atomic E-state index is -0.544. The third kappa shape index (κ3) is 3.94. The van der Waals surface area contributed by atoms with Gasteiger partial charge in [-0.1, -0.05) is 30.3 Å². The van der Waals surface area contributed by atoms with Gasteiger partial charge in [-0.3, -0.25) is 14.2 Å². The summed E-state index contributed by atoms with van der Waals surface area (Å²) in [6.07, 6.45) is 5.68. The summed E-state index contributed by atoms with van der Waals surface area (Å²) in [6.45, 7) is 0. The van der Waals surface area contributed by atoms with Gasteiger partial charge < -0.3 is 15.8 Å². The number of nitrogens with one attached hydrogen (secondary N) is 1. The Morgan fingerprint density at radius 3 is 2.46 bits per heavy atom. The predicted molar refractivity (Wildman–Crippen MR) is 154 cm³/mol. The molecule has 4 aromatic heterocycles. The van der Waals surface area contributed by atoms with Crippen molar-refractivity contribution >= 4 is 34.7 Å². The number of pyridine rings is 3. The van der Waals surface area contributed by atoms with Crippen molar-refractivity contribution in [1.29, 1.82) is 0 Å². The van der Waals surface area contributed by atoms with Gasteiger partial charge in [0.1, 0.15) is 17.2 Å². The van der Waals surface area contributed by atoms with Gasteiger partial charge >= 0.3 is 5.97 Å². The number of hydrogen-bond donors (Lipinski definition) is 2. The molecule has 2 bridgehead atoms. The van der Waals surface area contributed by atoms with E-state index >= 15 is 0 Å². The molecule has 4 heterocycles. The number of nitrogens with two attached hydrogens (primary N) is 1. The predicted octanol–water partition coefficient (Wildman–Crippen LogP) is 4.80. The molecule has 0 saturated heterocycles. The number of carbonyl (C=O) groups excluding carboxylic acids is 2. The Balaban J connectivity index is 1.24. The van der Waals surface area contributed by atoms with E-state index < -0.39 is 10.8 Å². The zero-order chi connectivity index (χ0) is 28.2. The fourth-order valence-corrected chi connectivity index (χ4v) is 6.41. The highest BCUT2D eigenvalue weighted by molar-refractivity contribution is 5.98. The Kier molecular flexibility index (Phi) is 5.60. The first-order chi connectivity index (χ1) is 19.9. The van der Waals surface area contributed by atoms with Crippen LogP contribution in [-0.2, 0) is 14.3 Å². The second-order valence-corrected chi connectivity index (χ2v) is 10.9. The Hall–Kier alpha value is -5.12. The van der Waals surface area contributed by atoms with Crippen molar-refractivity contribution in [2.45, 2.75) is 25.7 Å². The van der Waals surface area contributed by atoms with Gasteiger partial charge in [0.2, 0.25) is 5.91 Å². The maximum absolute atomic E-state index is 13.2. The number of carbonyl (C=O) groups is 2. The van der Waals surface area contributed by atoms with E-state index in [2.05, 4.69) is 15.3 Å². The van der Waals surface area contributed by atoms with Crippen LogP contribution < -0.4 is 11.1 Å². The van der Waals surface area contributed by atoms with Crippen LogP contribution in [0, 0.1) is 10.8 Å². The largest absolute Gasteiger partial charge is 0.469 e. The number of nitrogens with zero attached hydrogens (tertiary/aromatic N) is 5. The Bertz CT molecular complexity index is 1810. The van der Waals surface area contributed by atoms with Gasteiger partial charge in [-0.2, -0.15) is 0 Å². The molecule has 10 heteroatoms. The maximum atomic E-state index is 13.2. The lowest BCUT2D eigenvalue weighted by atomic mass is 9.60. The summed E-state index contributed by atoms with van der Waals surface area (Å²) < 4.78 is 6.87. The summed E-state index contributed by atoms with van der Waals surface area (Å²) in [5.41, 5.74) is 9.70. The molecule has 0 atom stereocenters. The molecule has 1 amide bonds. The van der Waals surface area contributed by atoms with Gasteiger partial charge in [0, 0.05) is 11.8 Å². The minimum Gasteiger partial charge on any atom is -0.469 e. The van der Waals surface area contributed by atoms with E-state index in [1.807, 2.05) is 65.2 Å². The monoisotopic (exact) mass is 545 g/mol. The minimum absolute atomic E-state index is 0.110. The molecule has 0 unspecified atom stereocenters.